The maximum absolute atomic E-state index is 12.4. The van der Waals surface area contributed by atoms with E-state index in [1.807, 2.05) is 13.8 Å². The van der Waals surface area contributed by atoms with Gasteiger partial charge < -0.3 is 0 Å². The van der Waals surface area contributed by atoms with Crippen LogP contribution in [-0.4, -0.2) is 19.7 Å². The Bertz CT molecular complexity index is 505. The van der Waals surface area contributed by atoms with Crippen molar-refractivity contribution in [2.24, 2.45) is 0 Å². The van der Waals surface area contributed by atoms with Gasteiger partial charge in [-0.2, -0.15) is 18.3 Å². The molecule has 0 spiro atoms. The molecule has 0 saturated carbocycles. The van der Waals surface area contributed by atoms with Crippen molar-refractivity contribution in [2.45, 2.75) is 26.9 Å². The molecule has 0 aliphatic rings. The van der Waals surface area contributed by atoms with Crippen LogP contribution in [0.3, 0.4) is 0 Å². The van der Waals surface area contributed by atoms with E-state index in [9.17, 15) is 13.2 Å². The second-order valence-corrected chi connectivity index (χ2v) is 3.20. The molecular weight excluding hydrogens is 245 g/mol. The van der Waals surface area contributed by atoms with Crippen molar-refractivity contribution in [2.75, 3.05) is 0 Å². The first kappa shape index (κ1) is 14.1. The zero-order chi connectivity index (χ0) is 13.8. The summed E-state index contributed by atoms with van der Waals surface area (Å²) in [6.45, 7) is 5.77. The number of halogens is 3. The summed E-state index contributed by atoms with van der Waals surface area (Å²) >= 11 is 0. The summed E-state index contributed by atoms with van der Waals surface area (Å²) in [5, 5.41) is 3.83. The van der Waals surface area contributed by atoms with Crippen molar-refractivity contribution in [3.63, 3.8) is 0 Å². The van der Waals surface area contributed by atoms with Gasteiger partial charge >= 0.3 is 6.18 Å². The Balaban J connectivity index is 0.000000771. The van der Waals surface area contributed by atoms with Crippen LogP contribution in [0.25, 0.3) is 5.95 Å². The third-order valence-electron chi connectivity index (χ3n) is 1.85. The monoisotopic (exact) mass is 258 g/mol. The van der Waals surface area contributed by atoms with Gasteiger partial charge in [0.15, 0.2) is 0 Å². The lowest BCUT2D eigenvalue weighted by Gasteiger charge is -2.06. The molecular formula is C11H13F3N4. The zero-order valence-corrected chi connectivity index (χ0v) is 10.2. The smallest absolute Gasteiger partial charge is 0.220 e. The fraction of sp³-hybridized carbons (Fsp3) is 0.364. The Labute approximate surface area is 102 Å². The molecule has 2 rings (SSSR count). The number of hydrogen-bond donors (Lipinski definition) is 0. The molecule has 0 fully saturated rings. The van der Waals surface area contributed by atoms with E-state index in [1.54, 1.807) is 13.1 Å². The molecule has 0 atom stereocenters. The van der Waals surface area contributed by atoms with Gasteiger partial charge in [-0.1, -0.05) is 13.8 Å². The standard InChI is InChI=1S/C9H7F3N4.C2H6/c1-6-4-14-16(5-6)8-13-3-2-7(15-8)9(10,11)12;1-2/h2-5H,1H3;1-2H3. The molecule has 0 unspecified atom stereocenters. The molecule has 0 radical (unpaired) electrons. The van der Waals surface area contributed by atoms with E-state index in [1.165, 1.54) is 10.9 Å². The first-order valence-electron chi connectivity index (χ1n) is 5.39. The van der Waals surface area contributed by atoms with Crippen molar-refractivity contribution in [3.05, 3.63) is 35.9 Å². The number of aryl methyl sites for hydroxylation is 1. The van der Waals surface area contributed by atoms with Crippen LogP contribution in [0.15, 0.2) is 24.7 Å². The van der Waals surface area contributed by atoms with Crippen LogP contribution in [-0.2, 0) is 6.18 Å². The first-order valence-corrected chi connectivity index (χ1v) is 5.39. The minimum Gasteiger partial charge on any atom is -0.220 e. The summed E-state index contributed by atoms with van der Waals surface area (Å²) in [5.74, 6) is -0.0945. The highest BCUT2D eigenvalue weighted by molar-refractivity contribution is 5.17. The van der Waals surface area contributed by atoms with E-state index in [0.29, 0.717) is 0 Å². The van der Waals surface area contributed by atoms with Crippen molar-refractivity contribution >= 4 is 0 Å². The first-order chi connectivity index (χ1) is 8.47. The van der Waals surface area contributed by atoms with Crippen molar-refractivity contribution in [1.29, 1.82) is 0 Å². The molecule has 0 aromatic carbocycles. The Hall–Kier alpha value is -1.92. The number of rotatable bonds is 1. The van der Waals surface area contributed by atoms with Crippen LogP contribution in [0.5, 0.6) is 0 Å². The summed E-state index contributed by atoms with van der Waals surface area (Å²) in [6.07, 6.45) is -0.346. The highest BCUT2D eigenvalue weighted by Crippen LogP contribution is 2.27. The fourth-order valence-electron chi connectivity index (χ4n) is 1.14. The average Bonchev–Trinajstić information content (AvgIpc) is 2.78. The van der Waals surface area contributed by atoms with Crippen LogP contribution in [0.2, 0.25) is 0 Å². The molecule has 0 saturated heterocycles. The molecule has 0 aliphatic heterocycles. The highest BCUT2D eigenvalue weighted by Gasteiger charge is 2.32. The zero-order valence-electron chi connectivity index (χ0n) is 10.2. The van der Waals surface area contributed by atoms with Crippen LogP contribution >= 0.6 is 0 Å². The molecule has 2 aromatic rings. The van der Waals surface area contributed by atoms with Crippen molar-refractivity contribution < 1.29 is 13.2 Å². The maximum atomic E-state index is 12.4. The number of alkyl halides is 3. The molecule has 0 N–H and O–H groups in total. The maximum Gasteiger partial charge on any atom is 0.433 e. The van der Waals surface area contributed by atoms with Crippen LogP contribution in [0, 0.1) is 6.92 Å². The van der Waals surface area contributed by atoms with E-state index < -0.39 is 11.9 Å². The predicted molar refractivity (Wildman–Crippen MR) is 60.2 cm³/mol. The number of nitrogens with zero attached hydrogens (tertiary/aromatic N) is 4. The predicted octanol–water partition coefficient (Wildman–Crippen LogP) is 3.02. The van der Waals surface area contributed by atoms with Crippen LogP contribution in [0.1, 0.15) is 25.1 Å². The van der Waals surface area contributed by atoms with Gasteiger partial charge in [0.05, 0.1) is 6.20 Å². The van der Waals surface area contributed by atoms with Crippen molar-refractivity contribution in [1.82, 2.24) is 19.7 Å². The van der Waals surface area contributed by atoms with Gasteiger partial charge in [-0.25, -0.2) is 14.6 Å². The van der Waals surface area contributed by atoms with Gasteiger partial charge in [0.2, 0.25) is 0 Å². The summed E-state index contributed by atoms with van der Waals surface area (Å²) in [4.78, 5) is 7.12. The van der Waals surface area contributed by atoms with E-state index in [2.05, 4.69) is 15.1 Å². The quantitative estimate of drug-likeness (QED) is 0.789. The van der Waals surface area contributed by atoms with E-state index in [-0.39, 0.29) is 5.95 Å². The van der Waals surface area contributed by atoms with E-state index in [0.717, 1.165) is 17.8 Å². The Morgan fingerprint density at radius 1 is 1.22 bits per heavy atom. The lowest BCUT2D eigenvalue weighted by Crippen LogP contribution is -2.11. The minimum absolute atomic E-state index is 0.0945. The molecule has 98 valence electrons. The largest absolute Gasteiger partial charge is 0.433 e. The van der Waals surface area contributed by atoms with E-state index in [4.69, 9.17) is 0 Å². The molecule has 0 bridgehead atoms. The number of hydrogen-bond acceptors (Lipinski definition) is 3. The van der Waals surface area contributed by atoms with Crippen LogP contribution in [0.4, 0.5) is 13.2 Å². The lowest BCUT2D eigenvalue weighted by atomic mass is 10.4. The highest BCUT2D eigenvalue weighted by atomic mass is 19.4. The molecule has 2 heterocycles. The lowest BCUT2D eigenvalue weighted by molar-refractivity contribution is -0.141. The molecule has 18 heavy (non-hydrogen) atoms. The third-order valence-corrected chi connectivity index (χ3v) is 1.85. The summed E-state index contributed by atoms with van der Waals surface area (Å²) in [6, 6.07) is 0.819. The SMILES string of the molecule is CC.Cc1cnn(-c2nccc(C(F)(F)F)n2)c1. The number of aromatic nitrogens is 4. The second-order valence-electron chi connectivity index (χ2n) is 3.20. The topological polar surface area (TPSA) is 43.6 Å². The third kappa shape index (κ3) is 3.28. The second kappa shape index (κ2) is 5.61. The van der Waals surface area contributed by atoms with Crippen molar-refractivity contribution in [3.8, 4) is 5.95 Å². The molecule has 0 amide bonds. The van der Waals surface area contributed by atoms with Gasteiger partial charge in [-0.05, 0) is 18.6 Å². The van der Waals surface area contributed by atoms with Gasteiger partial charge in [-0.3, -0.25) is 0 Å². The Kier molecular flexibility index (Phi) is 4.41. The molecule has 0 aliphatic carbocycles. The summed E-state index contributed by atoms with van der Waals surface area (Å²) in [7, 11) is 0. The summed E-state index contributed by atoms with van der Waals surface area (Å²) < 4.78 is 38.3. The van der Waals surface area contributed by atoms with Gasteiger partial charge in [0, 0.05) is 12.4 Å². The fourth-order valence-corrected chi connectivity index (χ4v) is 1.14. The normalized spacial score (nSPS) is 10.8. The molecule has 7 heteroatoms. The molecule has 2 aromatic heterocycles. The molecule has 4 nitrogen and oxygen atoms in total. The van der Waals surface area contributed by atoms with Gasteiger partial charge in [0.1, 0.15) is 5.69 Å². The average molecular weight is 258 g/mol. The van der Waals surface area contributed by atoms with Gasteiger partial charge in [-0.15, -0.1) is 0 Å². The minimum atomic E-state index is -4.47. The summed E-state index contributed by atoms with van der Waals surface area (Å²) in [5.41, 5.74) is -0.160. The Morgan fingerprint density at radius 2 is 1.89 bits per heavy atom. The van der Waals surface area contributed by atoms with Gasteiger partial charge in [0.25, 0.3) is 5.95 Å². The van der Waals surface area contributed by atoms with Crippen LogP contribution < -0.4 is 0 Å². The van der Waals surface area contributed by atoms with E-state index >= 15 is 0 Å². The Morgan fingerprint density at radius 3 is 2.39 bits per heavy atom.